The van der Waals surface area contributed by atoms with Crippen LogP contribution < -0.4 is 5.32 Å². The Hall–Kier alpha value is -0.290. The molecule has 2 unspecified atom stereocenters. The van der Waals surface area contributed by atoms with Gasteiger partial charge in [-0.1, -0.05) is 26.7 Å². The number of halogens is 3. The molecule has 0 aromatic carbocycles. The third-order valence-corrected chi connectivity index (χ3v) is 3.29. The van der Waals surface area contributed by atoms with E-state index in [0.717, 1.165) is 6.42 Å². The molecule has 1 rings (SSSR count). The van der Waals surface area contributed by atoms with Crippen molar-refractivity contribution >= 4 is 0 Å². The largest absolute Gasteiger partial charge is 0.393 e. The average Bonchev–Trinajstić information content (AvgIpc) is 2.27. The van der Waals surface area contributed by atoms with Crippen LogP contribution in [0.25, 0.3) is 0 Å². The Kier molecular flexibility index (Phi) is 6.43. The molecule has 108 valence electrons. The highest BCUT2D eigenvalue weighted by Crippen LogP contribution is 2.37. The van der Waals surface area contributed by atoms with E-state index in [-0.39, 0.29) is 6.42 Å². The summed E-state index contributed by atoms with van der Waals surface area (Å²) >= 11 is 0. The van der Waals surface area contributed by atoms with Crippen molar-refractivity contribution in [2.45, 2.75) is 51.7 Å². The molecule has 1 aliphatic rings. The summed E-state index contributed by atoms with van der Waals surface area (Å²) in [7, 11) is 0. The van der Waals surface area contributed by atoms with Gasteiger partial charge in [0.2, 0.25) is 0 Å². The van der Waals surface area contributed by atoms with Gasteiger partial charge >= 0.3 is 6.18 Å². The molecule has 0 aromatic heterocycles. The molecule has 2 atom stereocenters. The number of ether oxygens (including phenoxy) is 1. The molecule has 0 aromatic rings. The van der Waals surface area contributed by atoms with Crippen molar-refractivity contribution in [3.63, 3.8) is 0 Å². The van der Waals surface area contributed by atoms with E-state index in [0.29, 0.717) is 38.5 Å². The SMILES string of the molecule is CC(C)COCCNC1CCCCC1C(F)(F)F. The summed E-state index contributed by atoms with van der Waals surface area (Å²) in [5.74, 6) is -0.723. The van der Waals surface area contributed by atoms with Crippen LogP contribution in [0.3, 0.4) is 0 Å². The Balaban J connectivity index is 2.26. The van der Waals surface area contributed by atoms with Crippen LogP contribution in [0.15, 0.2) is 0 Å². The van der Waals surface area contributed by atoms with E-state index in [4.69, 9.17) is 4.74 Å². The van der Waals surface area contributed by atoms with Gasteiger partial charge in [-0.3, -0.25) is 0 Å². The lowest BCUT2D eigenvalue weighted by molar-refractivity contribution is -0.189. The molecule has 0 radical (unpaired) electrons. The van der Waals surface area contributed by atoms with Crippen molar-refractivity contribution in [3.8, 4) is 0 Å². The van der Waals surface area contributed by atoms with Crippen LogP contribution in [0.4, 0.5) is 13.2 Å². The highest BCUT2D eigenvalue weighted by Gasteiger charge is 2.45. The average molecular weight is 267 g/mol. The number of hydrogen-bond acceptors (Lipinski definition) is 2. The first-order valence-corrected chi connectivity index (χ1v) is 6.79. The van der Waals surface area contributed by atoms with Crippen molar-refractivity contribution in [1.82, 2.24) is 5.32 Å². The molecule has 1 saturated carbocycles. The molecule has 1 aliphatic carbocycles. The van der Waals surface area contributed by atoms with Gasteiger partial charge in [-0.2, -0.15) is 13.2 Å². The maximum Gasteiger partial charge on any atom is 0.393 e. The van der Waals surface area contributed by atoms with Gasteiger partial charge < -0.3 is 10.1 Å². The normalized spacial score (nSPS) is 25.7. The quantitative estimate of drug-likeness (QED) is 0.745. The molecule has 0 heterocycles. The summed E-state index contributed by atoms with van der Waals surface area (Å²) in [6.07, 6.45) is -1.62. The number of rotatable bonds is 6. The number of nitrogens with one attached hydrogen (secondary N) is 1. The van der Waals surface area contributed by atoms with Gasteiger partial charge in [-0.15, -0.1) is 0 Å². The number of alkyl halides is 3. The third kappa shape index (κ3) is 5.57. The van der Waals surface area contributed by atoms with Crippen LogP contribution in [0.2, 0.25) is 0 Å². The zero-order valence-electron chi connectivity index (χ0n) is 11.2. The van der Waals surface area contributed by atoms with Crippen molar-refractivity contribution in [1.29, 1.82) is 0 Å². The molecule has 1 N–H and O–H groups in total. The molecular weight excluding hydrogens is 243 g/mol. The fourth-order valence-electron chi connectivity index (χ4n) is 2.40. The van der Waals surface area contributed by atoms with Crippen molar-refractivity contribution in [2.24, 2.45) is 11.8 Å². The summed E-state index contributed by atoms with van der Waals surface area (Å²) < 4.78 is 43.8. The topological polar surface area (TPSA) is 21.3 Å². The predicted octanol–water partition coefficient (Wildman–Crippen LogP) is 3.37. The Morgan fingerprint density at radius 1 is 1.22 bits per heavy atom. The zero-order chi connectivity index (χ0) is 13.6. The first-order valence-electron chi connectivity index (χ1n) is 6.79. The second-order valence-electron chi connectivity index (χ2n) is 5.46. The van der Waals surface area contributed by atoms with Gasteiger partial charge in [0.1, 0.15) is 0 Å². The molecule has 2 nitrogen and oxygen atoms in total. The van der Waals surface area contributed by atoms with Gasteiger partial charge in [0.05, 0.1) is 12.5 Å². The Morgan fingerprint density at radius 3 is 2.50 bits per heavy atom. The number of hydrogen-bond donors (Lipinski definition) is 1. The van der Waals surface area contributed by atoms with Gasteiger partial charge in [0.25, 0.3) is 0 Å². The highest BCUT2D eigenvalue weighted by molar-refractivity contribution is 4.85. The smallest absolute Gasteiger partial charge is 0.380 e. The standard InChI is InChI=1S/C13H24F3NO/c1-10(2)9-18-8-7-17-12-6-4-3-5-11(12)13(14,15)16/h10-12,17H,3-9H2,1-2H3. The lowest BCUT2D eigenvalue weighted by Crippen LogP contribution is -2.46. The van der Waals surface area contributed by atoms with Crippen LogP contribution in [0.1, 0.15) is 39.5 Å². The molecule has 0 aliphatic heterocycles. The van der Waals surface area contributed by atoms with Gasteiger partial charge in [0.15, 0.2) is 0 Å². The summed E-state index contributed by atoms with van der Waals surface area (Å²) in [5.41, 5.74) is 0. The van der Waals surface area contributed by atoms with E-state index < -0.39 is 18.1 Å². The molecule has 0 bridgehead atoms. The van der Waals surface area contributed by atoms with Crippen LogP contribution in [-0.2, 0) is 4.74 Å². The monoisotopic (exact) mass is 267 g/mol. The minimum atomic E-state index is -4.07. The zero-order valence-corrected chi connectivity index (χ0v) is 11.2. The Labute approximate surface area is 107 Å². The maximum absolute atomic E-state index is 12.8. The van der Waals surface area contributed by atoms with Gasteiger partial charge in [0, 0.05) is 19.2 Å². The van der Waals surface area contributed by atoms with Crippen LogP contribution in [-0.4, -0.2) is 32.0 Å². The minimum absolute atomic E-state index is 0.258. The Morgan fingerprint density at radius 2 is 1.89 bits per heavy atom. The second-order valence-corrected chi connectivity index (χ2v) is 5.46. The fraction of sp³-hybridized carbons (Fsp3) is 1.00. The summed E-state index contributed by atoms with van der Waals surface area (Å²) in [6, 6.07) is -0.429. The summed E-state index contributed by atoms with van der Waals surface area (Å²) in [4.78, 5) is 0. The van der Waals surface area contributed by atoms with Crippen molar-refractivity contribution < 1.29 is 17.9 Å². The second kappa shape index (κ2) is 7.34. The first-order chi connectivity index (χ1) is 8.41. The van der Waals surface area contributed by atoms with Crippen molar-refractivity contribution in [2.75, 3.05) is 19.8 Å². The fourth-order valence-corrected chi connectivity index (χ4v) is 2.40. The van der Waals surface area contributed by atoms with Crippen LogP contribution in [0.5, 0.6) is 0 Å². The highest BCUT2D eigenvalue weighted by atomic mass is 19.4. The van der Waals surface area contributed by atoms with E-state index in [2.05, 4.69) is 5.32 Å². The lowest BCUT2D eigenvalue weighted by atomic mass is 9.84. The molecule has 18 heavy (non-hydrogen) atoms. The van der Waals surface area contributed by atoms with E-state index in [1.807, 2.05) is 13.8 Å². The molecule has 0 spiro atoms. The summed E-state index contributed by atoms with van der Waals surface area (Å²) in [6.45, 7) is 5.75. The van der Waals surface area contributed by atoms with E-state index in [1.165, 1.54) is 0 Å². The molecule has 0 amide bonds. The molecule has 1 fully saturated rings. The van der Waals surface area contributed by atoms with E-state index in [1.54, 1.807) is 0 Å². The molecule has 0 saturated heterocycles. The van der Waals surface area contributed by atoms with Crippen LogP contribution in [0, 0.1) is 11.8 Å². The van der Waals surface area contributed by atoms with E-state index in [9.17, 15) is 13.2 Å². The Bertz CT molecular complexity index is 231. The van der Waals surface area contributed by atoms with E-state index >= 15 is 0 Å². The van der Waals surface area contributed by atoms with Gasteiger partial charge in [-0.25, -0.2) is 0 Å². The minimum Gasteiger partial charge on any atom is -0.380 e. The van der Waals surface area contributed by atoms with Crippen molar-refractivity contribution in [3.05, 3.63) is 0 Å². The lowest BCUT2D eigenvalue weighted by Gasteiger charge is -2.33. The van der Waals surface area contributed by atoms with Gasteiger partial charge in [-0.05, 0) is 18.8 Å². The maximum atomic E-state index is 12.8. The first kappa shape index (κ1) is 15.8. The molecule has 5 heteroatoms. The third-order valence-electron chi connectivity index (χ3n) is 3.29. The molecular formula is C13H24F3NO. The predicted molar refractivity (Wildman–Crippen MR) is 65.5 cm³/mol. The summed E-state index contributed by atoms with van der Waals surface area (Å²) in [5, 5.41) is 3.01. The van der Waals surface area contributed by atoms with Crippen LogP contribution >= 0.6 is 0 Å².